The number of nitrogens with one attached hydrogen (secondary N) is 1. The van der Waals surface area contributed by atoms with Gasteiger partial charge in [0.15, 0.2) is 0 Å². The minimum Gasteiger partial charge on any atom is -0.478 e. The van der Waals surface area contributed by atoms with Crippen molar-refractivity contribution in [1.82, 2.24) is 4.98 Å². The van der Waals surface area contributed by atoms with Crippen LogP contribution in [0.3, 0.4) is 0 Å². The number of carboxylic acid groups (broad SMARTS) is 1. The molecule has 0 bridgehead atoms. The quantitative estimate of drug-likeness (QED) is 0.853. The highest BCUT2D eigenvalue weighted by Crippen LogP contribution is 2.19. The van der Waals surface area contributed by atoms with Crippen LogP contribution >= 0.6 is 11.6 Å². The van der Waals surface area contributed by atoms with Gasteiger partial charge in [-0.3, -0.25) is 4.79 Å². The number of carboxylic acids is 1. The molecule has 20 heavy (non-hydrogen) atoms. The second-order valence-corrected chi connectivity index (χ2v) is 4.29. The van der Waals surface area contributed by atoms with Crippen LogP contribution in [0.1, 0.15) is 20.7 Å². The van der Waals surface area contributed by atoms with Crippen LogP contribution in [0.15, 0.2) is 36.5 Å². The summed E-state index contributed by atoms with van der Waals surface area (Å²) in [5.41, 5.74) is 0.317. The third-order valence-corrected chi connectivity index (χ3v) is 2.61. The molecule has 0 unspecified atom stereocenters. The summed E-state index contributed by atoms with van der Waals surface area (Å²) < 4.78 is 12.6. The Morgan fingerprint density at radius 1 is 1.20 bits per heavy atom. The molecule has 0 saturated carbocycles. The predicted octanol–water partition coefficient (Wildman–Crippen LogP) is 2.82. The van der Waals surface area contributed by atoms with E-state index in [1.165, 1.54) is 24.3 Å². The van der Waals surface area contributed by atoms with Crippen molar-refractivity contribution in [2.45, 2.75) is 0 Å². The number of halogens is 2. The van der Waals surface area contributed by atoms with Crippen molar-refractivity contribution in [2.24, 2.45) is 0 Å². The molecule has 0 radical (unpaired) electrons. The zero-order valence-electron chi connectivity index (χ0n) is 9.93. The highest BCUT2D eigenvalue weighted by molar-refractivity contribution is 6.31. The van der Waals surface area contributed by atoms with E-state index in [-0.39, 0.29) is 21.8 Å². The molecule has 5 nitrogen and oxygen atoms in total. The number of nitrogens with zero attached hydrogens (tertiary/aromatic N) is 1. The van der Waals surface area contributed by atoms with Gasteiger partial charge in [-0.1, -0.05) is 11.6 Å². The Kier molecular flexibility index (Phi) is 3.95. The number of pyridine rings is 1. The number of hydrogen-bond donors (Lipinski definition) is 2. The minimum atomic E-state index is -1.16. The fraction of sp³-hybridized carbons (Fsp3) is 0. The monoisotopic (exact) mass is 294 g/mol. The predicted molar refractivity (Wildman–Crippen MR) is 70.6 cm³/mol. The lowest BCUT2D eigenvalue weighted by molar-refractivity contribution is 0.0696. The van der Waals surface area contributed by atoms with Crippen molar-refractivity contribution >= 4 is 29.2 Å². The topological polar surface area (TPSA) is 79.3 Å². The highest BCUT2D eigenvalue weighted by Gasteiger charge is 2.10. The van der Waals surface area contributed by atoms with Crippen molar-refractivity contribution in [2.75, 3.05) is 5.32 Å². The van der Waals surface area contributed by atoms with Crippen LogP contribution in [-0.4, -0.2) is 22.0 Å². The van der Waals surface area contributed by atoms with Crippen LogP contribution < -0.4 is 5.32 Å². The molecule has 2 N–H and O–H groups in total. The number of carbonyl (C=O) groups is 2. The van der Waals surface area contributed by atoms with Crippen molar-refractivity contribution < 1.29 is 19.1 Å². The van der Waals surface area contributed by atoms with Gasteiger partial charge in [-0.25, -0.2) is 9.78 Å². The average Bonchev–Trinajstić information content (AvgIpc) is 2.38. The van der Waals surface area contributed by atoms with Gasteiger partial charge in [-0.05, 0) is 30.3 Å². The van der Waals surface area contributed by atoms with E-state index in [0.717, 1.165) is 12.3 Å². The standard InChI is InChI=1S/C13H8ClFN2O3/c14-9-3-8(13(19)20)4-10(5-9)17-12(18)7-1-2-11(15)16-6-7/h1-6H,(H,17,18)(H,19,20). The fourth-order valence-electron chi connectivity index (χ4n) is 1.50. The third-order valence-electron chi connectivity index (χ3n) is 2.39. The minimum absolute atomic E-state index is 0.0509. The summed E-state index contributed by atoms with van der Waals surface area (Å²) in [5, 5.41) is 11.5. The first-order valence-corrected chi connectivity index (χ1v) is 5.80. The lowest BCUT2D eigenvalue weighted by Gasteiger charge is -2.06. The summed E-state index contributed by atoms with van der Waals surface area (Å²) in [4.78, 5) is 26.1. The van der Waals surface area contributed by atoms with Gasteiger partial charge in [0.1, 0.15) is 0 Å². The molecule has 1 aromatic heterocycles. The lowest BCUT2D eigenvalue weighted by atomic mass is 10.2. The fourth-order valence-corrected chi connectivity index (χ4v) is 1.73. The number of rotatable bonds is 3. The molecule has 0 aliphatic heterocycles. The summed E-state index contributed by atoms with van der Waals surface area (Å²) in [5.74, 6) is -2.40. The molecule has 102 valence electrons. The van der Waals surface area contributed by atoms with E-state index >= 15 is 0 Å². The van der Waals surface area contributed by atoms with E-state index in [2.05, 4.69) is 10.3 Å². The lowest BCUT2D eigenvalue weighted by Crippen LogP contribution is -2.13. The van der Waals surface area contributed by atoms with Crippen molar-refractivity contribution in [3.8, 4) is 0 Å². The van der Waals surface area contributed by atoms with Crippen LogP contribution in [0.5, 0.6) is 0 Å². The molecule has 1 amide bonds. The van der Waals surface area contributed by atoms with E-state index in [1.54, 1.807) is 0 Å². The Hall–Kier alpha value is -2.47. The second kappa shape index (κ2) is 5.66. The third kappa shape index (κ3) is 3.30. The maximum Gasteiger partial charge on any atom is 0.335 e. The second-order valence-electron chi connectivity index (χ2n) is 3.86. The van der Waals surface area contributed by atoms with Gasteiger partial charge in [-0.2, -0.15) is 4.39 Å². The first-order chi connectivity index (χ1) is 9.45. The van der Waals surface area contributed by atoms with Crippen LogP contribution in [-0.2, 0) is 0 Å². The zero-order chi connectivity index (χ0) is 14.7. The van der Waals surface area contributed by atoms with Crippen LogP contribution in [0.2, 0.25) is 5.02 Å². The van der Waals surface area contributed by atoms with Gasteiger partial charge < -0.3 is 10.4 Å². The highest BCUT2D eigenvalue weighted by atomic mass is 35.5. The Morgan fingerprint density at radius 3 is 2.55 bits per heavy atom. The number of aromatic carboxylic acids is 1. The zero-order valence-corrected chi connectivity index (χ0v) is 10.7. The molecule has 0 fully saturated rings. The molecular weight excluding hydrogens is 287 g/mol. The number of benzene rings is 1. The summed E-state index contributed by atoms with van der Waals surface area (Å²) in [6.07, 6.45) is 1.08. The first-order valence-electron chi connectivity index (χ1n) is 5.42. The summed E-state index contributed by atoms with van der Waals surface area (Å²) in [7, 11) is 0. The van der Waals surface area contributed by atoms with Crippen molar-refractivity contribution in [1.29, 1.82) is 0 Å². The molecule has 1 aromatic carbocycles. The molecule has 0 saturated heterocycles. The maximum absolute atomic E-state index is 12.6. The Bertz CT molecular complexity index is 674. The smallest absolute Gasteiger partial charge is 0.335 e. The molecule has 2 aromatic rings. The number of carbonyl (C=O) groups excluding carboxylic acids is 1. The van der Waals surface area contributed by atoms with Gasteiger partial charge in [-0.15, -0.1) is 0 Å². The summed E-state index contributed by atoms with van der Waals surface area (Å²) in [6.45, 7) is 0. The van der Waals surface area contributed by atoms with E-state index in [0.29, 0.717) is 0 Å². The molecule has 0 aliphatic carbocycles. The number of hydrogen-bond acceptors (Lipinski definition) is 3. The summed E-state index contributed by atoms with van der Waals surface area (Å²) >= 11 is 5.77. The normalized spacial score (nSPS) is 10.1. The van der Waals surface area contributed by atoms with Gasteiger partial charge in [0.2, 0.25) is 5.95 Å². The summed E-state index contributed by atoms with van der Waals surface area (Å²) in [6, 6.07) is 6.25. The SMILES string of the molecule is O=C(O)c1cc(Cl)cc(NC(=O)c2ccc(F)nc2)c1. The molecule has 0 spiro atoms. The van der Waals surface area contributed by atoms with E-state index in [9.17, 15) is 14.0 Å². The molecule has 1 heterocycles. The van der Waals surface area contributed by atoms with Gasteiger partial charge >= 0.3 is 5.97 Å². The van der Waals surface area contributed by atoms with Gasteiger partial charge in [0, 0.05) is 16.9 Å². The van der Waals surface area contributed by atoms with Gasteiger partial charge in [0.25, 0.3) is 5.91 Å². The average molecular weight is 295 g/mol. The molecule has 0 aliphatic rings. The Morgan fingerprint density at radius 2 is 1.95 bits per heavy atom. The first kappa shape index (κ1) is 14.0. The van der Waals surface area contributed by atoms with Crippen LogP contribution in [0.4, 0.5) is 10.1 Å². The van der Waals surface area contributed by atoms with Crippen molar-refractivity contribution in [3.63, 3.8) is 0 Å². The van der Waals surface area contributed by atoms with Crippen molar-refractivity contribution in [3.05, 3.63) is 58.6 Å². The van der Waals surface area contributed by atoms with E-state index < -0.39 is 17.8 Å². The largest absolute Gasteiger partial charge is 0.478 e. The van der Waals surface area contributed by atoms with E-state index in [1.807, 2.05) is 0 Å². The Balaban J connectivity index is 2.23. The molecule has 0 atom stereocenters. The maximum atomic E-state index is 12.6. The number of anilines is 1. The molecular formula is C13H8ClFN2O3. The van der Waals surface area contributed by atoms with Gasteiger partial charge in [0.05, 0.1) is 11.1 Å². The number of aromatic nitrogens is 1. The molecule has 7 heteroatoms. The van der Waals surface area contributed by atoms with E-state index in [4.69, 9.17) is 16.7 Å². The number of amides is 1. The van der Waals surface area contributed by atoms with Crippen LogP contribution in [0.25, 0.3) is 0 Å². The Labute approximate surface area is 118 Å². The molecule has 2 rings (SSSR count). The van der Waals surface area contributed by atoms with Crippen LogP contribution in [0, 0.1) is 5.95 Å².